The molecule has 140 valence electrons. The highest BCUT2D eigenvalue weighted by Gasteiger charge is 2.17. The van der Waals surface area contributed by atoms with Gasteiger partial charge in [-0.3, -0.25) is 9.52 Å². The topological polar surface area (TPSA) is 93.7 Å². The summed E-state index contributed by atoms with van der Waals surface area (Å²) < 4.78 is 60.8. The highest BCUT2D eigenvalue weighted by atomic mass is 32.2. The molecule has 2 aromatic rings. The highest BCUT2D eigenvalue weighted by molar-refractivity contribution is 7.92. The Labute approximate surface area is 149 Å². The standard InChI is InChI=1S/C16H16F2N2O5S/c1-10(21)19-14-8-7-13(9-15(14)24-2)26(22,23)20-11-3-5-12(6-4-11)25-16(17)18/h3-9,16,20H,1-2H3,(H,19,21). The van der Waals surface area contributed by atoms with Crippen molar-refractivity contribution < 1.29 is 31.5 Å². The van der Waals surface area contributed by atoms with Crippen LogP contribution in [0.15, 0.2) is 47.4 Å². The second-order valence-electron chi connectivity index (χ2n) is 5.05. The molecule has 1 amide bonds. The third kappa shape index (κ3) is 5.06. The summed E-state index contributed by atoms with van der Waals surface area (Å²) in [6.45, 7) is -1.65. The normalized spacial score (nSPS) is 11.1. The molecule has 26 heavy (non-hydrogen) atoms. The maximum atomic E-state index is 12.5. The predicted octanol–water partition coefficient (Wildman–Crippen LogP) is 3.06. The number of hydrogen-bond acceptors (Lipinski definition) is 5. The molecule has 0 fully saturated rings. The van der Waals surface area contributed by atoms with Crippen molar-refractivity contribution in [1.29, 1.82) is 0 Å². The molecule has 0 aliphatic rings. The van der Waals surface area contributed by atoms with Crippen molar-refractivity contribution in [2.75, 3.05) is 17.1 Å². The molecule has 2 rings (SSSR count). The fraction of sp³-hybridized carbons (Fsp3) is 0.188. The van der Waals surface area contributed by atoms with Gasteiger partial charge in [-0.05, 0) is 36.4 Å². The van der Waals surface area contributed by atoms with E-state index in [2.05, 4.69) is 14.8 Å². The summed E-state index contributed by atoms with van der Waals surface area (Å²) in [5.41, 5.74) is 0.490. The van der Waals surface area contributed by atoms with E-state index in [1.165, 1.54) is 56.5 Å². The summed E-state index contributed by atoms with van der Waals surface area (Å²) in [5, 5.41) is 2.52. The van der Waals surface area contributed by atoms with Crippen molar-refractivity contribution >= 4 is 27.3 Å². The first kappa shape index (κ1) is 19.4. The van der Waals surface area contributed by atoms with Gasteiger partial charge >= 0.3 is 6.61 Å². The number of carbonyl (C=O) groups excluding carboxylic acids is 1. The van der Waals surface area contributed by atoms with Crippen LogP contribution in [0.2, 0.25) is 0 Å². The van der Waals surface area contributed by atoms with Gasteiger partial charge in [-0.2, -0.15) is 8.78 Å². The Kier molecular flexibility index (Phi) is 5.98. The number of nitrogens with one attached hydrogen (secondary N) is 2. The van der Waals surface area contributed by atoms with E-state index >= 15 is 0 Å². The van der Waals surface area contributed by atoms with Gasteiger partial charge in [-0.1, -0.05) is 0 Å². The summed E-state index contributed by atoms with van der Waals surface area (Å²) >= 11 is 0. The Balaban J connectivity index is 2.22. The number of anilines is 2. The minimum Gasteiger partial charge on any atom is -0.495 e. The molecule has 0 atom stereocenters. The van der Waals surface area contributed by atoms with E-state index < -0.39 is 16.6 Å². The van der Waals surface area contributed by atoms with Crippen LogP contribution >= 0.6 is 0 Å². The number of carbonyl (C=O) groups is 1. The molecule has 0 aliphatic heterocycles. The monoisotopic (exact) mass is 386 g/mol. The smallest absolute Gasteiger partial charge is 0.387 e. The number of amides is 1. The second-order valence-corrected chi connectivity index (χ2v) is 6.73. The number of ether oxygens (including phenoxy) is 2. The number of sulfonamides is 1. The fourth-order valence-corrected chi connectivity index (χ4v) is 3.12. The van der Waals surface area contributed by atoms with Gasteiger partial charge < -0.3 is 14.8 Å². The third-order valence-electron chi connectivity index (χ3n) is 3.13. The lowest BCUT2D eigenvalue weighted by Crippen LogP contribution is -2.14. The number of benzene rings is 2. The van der Waals surface area contributed by atoms with Crippen molar-refractivity contribution in [3.05, 3.63) is 42.5 Å². The van der Waals surface area contributed by atoms with Gasteiger partial charge in [0.25, 0.3) is 10.0 Å². The first-order chi connectivity index (χ1) is 12.2. The van der Waals surface area contributed by atoms with Gasteiger partial charge in [0.15, 0.2) is 0 Å². The minimum atomic E-state index is -3.96. The number of hydrogen-bond donors (Lipinski definition) is 2. The predicted molar refractivity (Wildman–Crippen MR) is 91.2 cm³/mol. The van der Waals surface area contributed by atoms with Gasteiger partial charge in [-0.25, -0.2) is 8.42 Å². The molecular formula is C16H16F2N2O5S. The van der Waals surface area contributed by atoms with Crippen LogP contribution in [0.3, 0.4) is 0 Å². The van der Waals surface area contributed by atoms with E-state index in [0.717, 1.165) is 0 Å². The van der Waals surface area contributed by atoms with Crippen molar-refractivity contribution in [3.8, 4) is 11.5 Å². The second kappa shape index (κ2) is 8.00. The summed E-state index contributed by atoms with van der Waals surface area (Å²) in [7, 11) is -2.62. The Morgan fingerprint density at radius 2 is 1.77 bits per heavy atom. The van der Waals surface area contributed by atoms with Crippen LogP contribution in [0, 0.1) is 0 Å². The molecule has 0 saturated heterocycles. The van der Waals surface area contributed by atoms with Crippen molar-refractivity contribution in [2.45, 2.75) is 18.4 Å². The Hall–Kier alpha value is -2.88. The molecule has 10 heteroatoms. The van der Waals surface area contributed by atoms with E-state index in [9.17, 15) is 22.0 Å². The van der Waals surface area contributed by atoms with E-state index in [4.69, 9.17) is 4.74 Å². The van der Waals surface area contributed by atoms with Crippen molar-refractivity contribution in [2.24, 2.45) is 0 Å². The largest absolute Gasteiger partial charge is 0.495 e. The number of halogens is 2. The SMILES string of the molecule is COc1cc(S(=O)(=O)Nc2ccc(OC(F)F)cc2)ccc1NC(C)=O. The quantitative estimate of drug-likeness (QED) is 0.763. The Morgan fingerprint density at radius 1 is 1.12 bits per heavy atom. The van der Waals surface area contributed by atoms with Crippen LogP contribution in [0.5, 0.6) is 11.5 Å². The molecule has 0 spiro atoms. The summed E-state index contributed by atoms with van der Waals surface area (Å²) in [5.74, 6) is -0.254. The molecule has 0 radical (unpaired) electrons. The number of alkyl halides is 2. The van der Waals surface area contributed by atoms with Gasteiger partial charge in [0.05, 0.1) is 17.7 Å². The molecule has 0 aliphatic carbocycles. The van der Waals surface area contributed by atoms with Gasteiger partial charge in [-0.15, -0.1) is 0 Å². The maximum Gasteiger partial charge on any atom is 0.387 e. The highest BCUT2D eigenvalue weighted by Crippen LogP contribution is 2.29. The van der Waals surface area contributed by atoms with Crippen LogP contribution < -0.4 is 19.5 Å². The molecule has 2 aromatic carbocycles. The molecule has 7 nitrogen and oxygen atoms in total. The first-order valence-electron chi connectivity index (χ1n) is 7.24. The van der Waals surface area contributed by atoms with Gasteiger partial charge in [0, 0.05) is 18.7 Å². The van der Waals surface area contributed by atoms with Crippen molar-refractivity contribution in [3.63, 3.8) is 0 Å². The molecule has 0 heterocycles. The molecule has 0 aromatic heterocycles. The lowest BCUT2D eigenvalue weighted by Gasteiger charge is -2.13. The average Bonchev–Trinajstić information content (AvgIpc) is 2.55. The van der Waals surface area contributed by atoms with Crippen LogP contribution in [0.25, 0.3) is 0 Å². The Morgan fingerprint density at radius 3 is 2.31 bits per heavy atom. The zero-order chi connectivity index (χ0) is 19.3. The Bertz CT molecular complexity index is 886. The van der Waals surface area contributed by atoms with Crippen LogP contribution in [-0.4, -0.2) is 28.0 Å². The van der Waals surface area contributed by atoms with Crippen LogP contribution in [-0.2, 0) is 14.8 Å². The van der Waals surface area contributed by atoms with E-state index in [1.54, 1.807) is 0 Å². The number of methoxy groups -OCH3 is 1. The summed E-state index contributed by atoms with van der Waals surface area (Å²) in [6.07, 6.45) is 0. The van der Waals surface area contributed by atoms with Crippen LogP contribution in [0.1, 0.15) is 6.92 Å². The van der Waals surface area contributed by atoms with E-state index in [1.807, 2.05) is 0 Å². The minimum absolute atomic E-state index is 0.0933. The molecule has 0 saturated carbocycles. The molecule has 2 N–H and O–H groups in total. The zero-order valence-corrected chi connectivity index (χ0v) is 14.6. The summed E-state index contributed by atoms with van der Waals surface area (Å²) in [6, 6.07) is 8.95. The maximum absolute atomic E-state index is 12.5. The number of rotatable bonds is 7. The molecular weight excluding hydrogens is 370 g/mol. The van der Waals surface area contributed by atoms with Crippen LogP contribution in [0.4, 0.5) is 20.2 Å². The first-order valence-corrected chi connectivity index (χ1v) is 8.73. The summed E-state index contributed by atoms with van der Waals surface area (Å²) in [4.78, 5) is 11.0. The van der Waals surface area contributed by atoms with Gasteiger partial charge in [0.2, 0.25) is 5.91 Å². The zero-order valence-electron chi connectivity index (χ0n) is 13.8. The van der Waals surface area contributed by atoms with Crippen molar-refractivity contribution in [1.82, 2.24) is 0 Å². The molecule has 0 unspecified atom stereocenters. The average molecular weight is 386 g/mol. The fourth-order valence-electron chi connectivity index (χ4n) is 2.05. The lowest BCUT2D eigenvalue weighted by molar-refractivity contribution is -0.114. The lowest BCUT2D eigenvalue weighted by atomic mass is 10.3. The van der Waals surface area contributed by atoms with Gasteiger partial charge in [0.1, 0.15) is 11.5 Å². The third-order valence-corrected chi connectivity index (χ3v) is 4.50. The van der Waals surface area contributed by atoms with E-state index in [0.29, 0.717) is 5.69 Å². The molecule has 0 bridgehead atoms. The van der Waals surface area contributed by atoms with E-state index in [-0.39, 0.29) is 28.0 Å².